The summed E-state index contributed by atoms with van der Waals surface area (Å²) in [5.41, 5.74) is 15.5. The van der Waals surface area contributed by atoms with Crippen molar-refractivity contribution < 1.29 is 56.2 Å². The number of fused-ring (bicyclic) bond motifs is 1. The molecule has 3 nitrogen and oxygen atoms in total. The summed E-state index contributed by atoms with van der Waals surface area (Å²) in [5.74, 6) is -0.548. The van der Waals surface area contributed by atoms with Crippen LogP contribution in [0.3, 0.4) is 0 Å². The number of anilines is 1. The predicted octanol–water partition coefficient (Wildman–Crippen LogP) is -0.449. The van der Waals surface area contributed by atoms with Crippen molar-refractivity contribution in [1.82, 2.24) is 0 Å². The molecule has 0 heterocycles. The molecular formula is C13H16KN2O-. The first kappa shape index (κ1) is 15.2. The van der Waals surface area contributed by atoms with Gasteiger partial charge in [0.05, 0.1) is 0 Å². The molecule has 0 radical (unpaired) electrons. The molecule has 1 aliphatic carbocycles. The van der Waals surface area contributed by atoms with E-state index in [0.717, 1.165) is 18.5 Å². The number of amides is 1. The van der Waals surface area contributed by atoms with Crippen molar-refractivity contribution in [2.75, 3.05) is 5.73 Å². The van der Waals surface area contributed by atoms with Crippen molar-refractivity contribution in [2.24, 2.45) is 5.41 Å². The standard InChI is InChI=1S/C13H17N2O.K/c1-13(12(15)16)6-4-9-2-3-11(14)8-10(9)5-7-13;/h2-3,8H,1,4-7,14H2,(H2,15,16);/q-1;+1/p-1. The van der Waals surface area contributed by atoms with Gasteiger partial charge in [-0.05, 0) is 36.1 Å². The zero-order chi connectivity index (χ0) is 11.8. The molecule has 0 fully saturated rings. The molecule has 0 aliphatic heterocycles. The first-order valence-electron chi connectivity index (χ1n) is 5.50. The maximum absolute atomic E-state index is 11.3. The van der Waals surface area contributed by atoms with Crippen molar-refractivity contribution in [3.8, 4) is 0 Å². The topological polar surface area (TPSA) is 66.9 Å². The van der Waals surface area contributed by atoms with Crippen LogP contribution in [0.2, 0.25) is 0 Å². The minimum atomic E-state index is -0.728. The summed E-state index contributed by atoms with van der Waals surface area (Å²) in [4.78, 5) is 11.3. The molecule has 0 saturated heterocycles. The van der Waals surface area contributed by atoms with E-state index in [1.54, 1.807) is 0 Å². The maximum atomic E-state index is 11.3. The molecule has 1 aliphatic rings. The van der Waals surface area contributed by atoms with Gasteiger partial charge in [0.2, 0.25) is 0 Å². The van der Waals surface area contributed by atoms with Crippen molar-refractivity contribution in [3.63, 3.8) is 0 Å². The third-order valence-corrected chi connectivity index (χ3v) is 3.46. The average molecular weight is 255 g/mol. The van der Waals surface area contributed by atoms with Gasteiger partial charge < -0.3 is 23.2 Å². The Bertz CT molecular complexity index is 433. The van der Waals surface area contributed by atoms with Crippen LogP contribution in [-0.2, 0) is 17.6 Å². The van der Waals surface area contributed by atoms with Crippen LogP contribution in [0, 0.1) is 12.3 Å². The van der Waals surface area contributed by atoms with Gasteiger partial charge in [0, 0.05) is 11.6 Å². The molecule has 0 saturated carbocycles. The van der Waals surface area contributed by atoms with Crippen molar-refractivity contribution in [3.05, 3.63) is 42.0 Å². The normalized spacial score (nSPS) is 23.1. The van der Waals surface area contributed by atoms with E-state index < -0.39 is 11.3 Å². The largest absolute Gasteiger partial charge is 1.00 e. The summed E-state index contributed by atoms with van der Waals surface area (Å²) in [7, 11) is 0. The van der Waals surface area contributed by atoms with Gasteiger partial charge in [-0.3, -0.25) is 0 Å². The number of carbonyl (C=O) groups is 1. The number of rotatable bonds is 1. The third kappa shape index (κ3) is 3.32. The number of carbonyl (C=O) groups excluding carboxylic acids is 1. The van der Waals surface area contributed by atoms with Gasteiger partial charge in [-0.25, -0.2) is 0 Å². The van der Waals surface area contributed by atoms with Gasteiger partial charge >= 0.3 is 51.4 Å². The molecule has 0 bridgehead atoms. The van der Waals surface area contributed by atoms with E-state index in [1.807, 2.05) is 18.2 Å². The quantitative estimate of drug-likeness (QED) is 0.320. The fraction of sp³-hybridized carbons (Fsp3) is 0.385. The minimum Gasteiger partial charge on any atom is -0.670 e. The second-order valence-electron chi connectivity index (χ2n) is 4.64. The van der Waals surface area contributed by atoms with Crippen LogP contribution >= 0.6 is 0 Å². The van der Waals surface area contributed by atoms with Gasteiger partial charge in [0.25, 0.3) is 0 Å². The smallest absolute Gasteiger partial charge is 0.670 e. The van der Waals surface area contributed by atoms with Crippen LogP contribution in [0.15, 0.2) is 18.2 Å². The third-order valence-electron chi connectivity index (χ3n) is 3.46. The Balaban J connectivity index is 0.00000144. The second kappa shape index (κ2) is 5.84. The van der Waals surface area contributed by atoms with E-state index in [4.69, 9.17) is 11.5 Å². The van der Waals surface area contributed by atoms with E-state index in [9.17, 15) is 4.79 Å². The molecule has 1 aromatic carbocycles. The van der Waals surface area contributed by atoms with E-state index in [0.29, 0.717) is 12.8 Å². The number of nitrogens with one attached hydrogen (secondary N) is 1. The molecule has 17 heavy (non-hydrogen) atoms. The number of hydrogen-bond donors (Lipinski definition) is 1. The summed E-state index contributed by atoms with van der Waals surface area (Å²) < 4.78 is 0. The summed E-state index contributed by atoms with van der Waals surface area (Å²) in [5, 5.41) is 0. The fourth-order valence-corrected chi connectivity index (χ4v) is 2.22. The fourth-order valence-electron chi connectivity index (χ4n) is 2.22. The van der Waals surface area contributed by atoms with Crippen molar-refractivity contribution >= 4 is 11.6 Å². The van der Waals surface area contributed by atoms with Crippen molar-refractivity contribution in [1.29, 1.82) is 0 Å². The zero-order valence-electron chi connectivity index (χ0n) is 10.3. The SMILES string of the molecule is [CH2-]C1(C([NH-])=O)CCc2ccc(N)cc2CC1.[K+]. The first-order chi connectivity index (χ1) is 7.51. The number of nitrogen functional groups attached to an aromatic ring is 1. The van der Waals surface area contributed by atoms with Crippen molar-refractivity contribution in [2.45, 2.75) is 25.7 Å². The van der Waals surface area contributed by atoms with Crippen LogP contribution in [-0.4, -0.2) is 5.91 Å². The van der Waals surface area contributed by atoms with E-state index in [1.165, 1.54) is 11.1 Å². The molecule has 86 valence electrons. The summed E-state index contributed by atoms with van der Waals surface area (Å²) in [6, 6.07) is 5.87. The van der Waals surface area contributed by atoms with Gasteiger partial charge in [-0.1, -0.05) is 18.9 Å². The van der Waals surface area contributed by atoms with Gasteiger partial charge in [-0.2, -0.15) is 0 Å². The summed E-state index contributed by atoms with van der Waals surface area (Å²) >= 11 is 0. The molecular weight excluding hydrogens is 239 g/mol. The maximum Gasteiger partial charge on any atom is 1.00 e. The second-order valence-corrected chi connectivity index (χ2v) is 4.64. The Labute approximate surface area is 145 Å². The van der Waals surface area contributed by atoms with Gasteiger partial charge in [0.1, 0.15) is 0 Å². The molecule has 0 aromatic heterocycles. The molecule has 1 aromatic rings. The van der Waals surface area contributed by atoms with Crippen LogP contribution < -0.4 is 57.1 Å². The number of aryl methyl sites for hydroxylation is 2. The summed E-state index contributed by atoms with van der Waals surface area (Å²) in [6.45, 7) is 3.93. The number of hydrogen-bond acceptors (Lipinski definition) is 2. The Morgan fingerprint density at radius 2 is 1.88 bits per heavy atom. The Hall–Kier alpha value is 0.126. The first-order valence-corrected chi connectivity index (χ1v) is 5.50. The van der Waals surface area contributed by atoms with Gasteiger partial charge in [-0.15, -0.1) is 5.41 Å². The van der Waals surface area contributed by atoms with E-state index in [-0.39, 0.29) is 51.4 Å². The Kier molecular flexibility index (Phi) is 5.22. The van der Waals surface area contributed by atoms with Crippen LogP contribution in [0.1, 0.15) is 24.0 Å². The molecule has 1 amide bonds. The molecule has 4 heteroatoms. The molecule has 1 atom stereocenters. The Morgan fingerprint density at radius 3 is 2.47 bits per heavy atom. The van der Waals surface area contributed by atoms with Gasteiger partial charge in [0.15, 0.2) is 0 Å². The van der Waals surface area contributed by atoms with E-state index in [2.05, 4.69) is 6.92 Å². The zero-order valence-corrected chi connectivity index (χ0v) is 13.4. The number of benzene rings is 1. The van der Waals surface area contributed by atoms with Crippen LogP contribution in [0.25, 0.3) is 5.73 Å². The minimum absolute atomic E-state index is 0. The number of nitrogens with two attached hydrogens (primary N) is 1. The van der Waals surface area contributed by atoms with Crippen LogP contribution in [0.5, 0.6) is 0 Å². The monoisotopic (exact) mass is 255 g/mol. The predicted molar refractivity (Wildman–Crippen MR) is 64.6 cm³/mol. The Morgan fingerprint density at radius 1 is 1.29 bits per heavy atom. The molecule has 1 unspecified atom stereocenters. The van der Waals surface area contributed by atoms with E-state index >= 15 is 0 Å². The molecule has 3 N–H and O–H groups in total. The molecule has 0 spiro atoms. The summed E-state index contributed by atoms with van der Waals surface area (Å²) in [6.07, 6.45) is 2.90. The van der Waals surface area contributed by atoms with Crippen LogP contribution in [0.4, 0.5) is 5.69 Å². The molecule has 2 rings (SSSR count). The average Bonchev–Trinajstić information content (AvgIpc) is 2.40.